The van der Waals surface area contributed by atoms with E-state index in [4.69, 9.17) is 15.2 Å². The van der Waals surface area contributed by atoms with Gasteiger partial charge in [-0.05, 0) is 26.2 Å². The molecule has 16 heavy (non-hydrogen) atoms. The van der Waals surface area contributed by atoms with Gasteiger partial charge in [0.05, 0.1) is 19.3 Å². The Hall–Kier alpha value is -0.870. The van der Waals surface area contributed by atoms with Crippen LogP contribution >= 0.6 is 0 Å². The molecule has 4 nitrogen and oxygen atoms in total. The lowest BCUT2D eigenvalue weighted by Gasteiger charge is -2.21. The summed E-state index contributed by atoms with van der Waals surface area (Å²) in [6, 6.07) is -0.574. The number of hydrogen-bond acceptors (Lipinski definition) is 4. The van der Waals surface area contributed by atoms with E-state index in [1.165, 1.54) is 0 Å². The first kappa shape index (κ1) is 15.1. The number of esters is 1. The smallest absolute Gasteiger partial charge is 0.323 e. The molecule has 94 valence electrons. The van der Waals surface area contributed by atoms with E-state index in [1.54, 1.807) is 13.0 Å². The van der Waals surface area contributed by atoms with Gasteiger partial charge in [0.25, 0.3) is 0 Å². The summed E-state index contributed by atoms with van der Waals surface area (Å²) in [6.45, 7) is 10.1. The molecule has 0 spiro atoms. The molecule has 0 saturated heterocycles. The summed E-state index contributed by atoms with van der Waals surface area (Å²) in [7, 11) is 0. The topological polar surface area (TPSA) is 61.5 Å². The molecular formula is C12H23NO3. The lowest BCUT2D eigenvalue weighted by atomic mass is 9.96. The molecule has 0 aliphatic rings. The summed E-state index contributed by atoms with van der Waals surface area (Å²) in [5.41, 5.74) is 5.77. The van der Waals surface area contributed by atoms with E-state index >= 15 is 0 Å². The molecule has 2 N–H and O–H groups in total. The lowest BCUT2D eigenvalue weighted by molar-refractivity contribution is -0.146. The van der Waals surface area contributed by atoms with Crippen LogP contribution < -0.4 is 5.73 Å². The van der Waals surface area contributed by atoms with E-state index in [2.05, 4.69) is 6.58 Å². The Morgan fingerprint density at radius 1 is 1.50 bits per heavy atom. The van der Waals surface area contributed by atoms with Gasteiger partial charge in [-0.25, -0.2) is 0 Å². The highest BCUT2D eigenvalue weighted by Gasteiger charge is 2.23. The van der Waals surface area contributed by atoms with E-state index in [1.807, 2.05) is 13.8 Å². The van der Waals surface area contributed by atoms with Crippen LogP contribution in [0.25, 0.3) is 0 Å². The monoisotopic (exact) mass is 229 g/mol. The van der Waals surface area contributed by atoms with Crippen LogP contribution in [0.15, 0.2) is 12.7 Å². The van der Waals surface area contributed by atoms with E-state index in [-0.39, 0.29) is 18.0 Å². The van der Waals surface area contributed by atoms with Crippen molar-refractivity contribution >= 4 is 5.97 Å². The molecular weight excluding hydrogens is 206 g/mol. The van der Waals surface area contributed by atoms with Gasteiger partial charge in [0, 0.05) is 0 Å². The maximum absolute atomic E-state index is 11.4. The zero-order chi connectivity index (χ0) is 12.6. The SMILES string of the molecule is C=CCO[C@@H](C)C[C@@H](C)C(N)C(=O)OCC. The zero-order valence-corrected chi connectivity index (χ0v) is 10.4. The minimum absolute atomic E-state index is 0.0406. The molecule has 0 saturated carbocycles. The van der Waals surface area contributed by atoms with Crippen molar-refractivity contribution in [3.63, 3.8) is 0 Å². The Kier molecular flexibility index (Phi) is 7.85. The quantitative estimate of drug-likeness (QED) is 0.506. The lowest BCUT2D eigenvalue weighted by Crippen LogP contribution is -2.39. The van der Waals surface area contributed by atoms with Crippen molar-refractivity contribution in [2.75, 3.05) is 13.2 Å². The molecule has 0 amide bonds. The van der Waals surface area contributed by atoms with Gasteiger partial charge in [0.15, 0.2) is 0 Å². The molecule has 0 rings (SSSR count). The summed E-state index contributed by atoms with van der Waals surface area (Å²) in [5.74, 6) is -0.301. The fourth-order valence-electron chi connectivity index (χ4n) is 1.44. The number of nitrogens with two attached hydrogens (primary N) is 1. The highest BCUT2D eigenvalue weighted by atomic mass is 16.5. The Labute approximate surface area is 97.8 Å². The molecule has 3 atom stereocenters. The van der Waals surface area contributed by atoms with Gasteiger partial charge in [0.2, 0.25) is 0 Å². The van der Waals surface area contributed by atoms with Gasteiger partial charge < -0.3 is 15.2 Å². The Morgan fingerprint density at radius 2 is 2.12 bits per heavy atom. The molecule has 1 unspecified atom stereocenters. The van der Waals surface area contributed by atoms with E-state index in [9.17, 15) is 4.79 Å². The second kappa shape index (κ2) is 8.30. The summed E-state index contributed by atoms with van der Waals surface area (Å²) in [4.78, 5) is 11.4. The average molecular weight is 229 g/mol. The minimum Gasteiger partial charge on any atom is -0.465 e. The highest BCUT2D eigenvalue weighted by Crippen LogP contribution is 2.13. The molecule has 0 heterocycles. The molecule has 0 radical (unpaired) electrons. The zero-order valence-electron chi connectivity index (χ0n) is 10.4. The number of hydrogen-bond donors (Lipinski definition) is 1. The summed E-state index contributed by atoms with van der Waals surface area (Å²) >= 11 is 0. The van der Waals surface area contributed by atoms with Crippen molar-refractivity contribution in [1.29, 1.82) is 0 Å². The van der Waals surface area contributed by atoms with Crippen LogP contribution in [0.2, 0.25) is 0 Å². The average Bonchev–Trinajstić information content (AvgIpc) is 2.25. The molecule has 0 aromatic heterocycles. The van der Waals surface area contributed by atoms with Crippen molar-refractivity contribution in [3.8, 4) is 0 Å². The van der Waals surface area contributed by atoms with Crippen LogP contribution in [0, 0.1) is 5.92 Å². The van der Waals surface area contributed by atoms with Gasteiger partial charge in [-0.15, -0.1) is 6.58 Å². The second-order valence-electron chi connectivity index (χ2n) is 3.92. The van der Waals surface area contributed by atoms with Crippen molar-refractivity contribution < 1.29 is 14.3 Å². The van der Waals surface area contributed by atoms with Crippen molar-refractivity contribution in [2.24, 2.45) is 11.7 Å². The second-order valence-corrected chi connectivity index (χ2v) is 3.92. The van der Waals surface area contributed by atoms with E-state index in [0.717, 1.165) is 6.42 Å². The Balaban J connectivity index is 3.98. The Bertz CT molecular complexity index is 218. The molecule has 0 fully saturated rings. The van der Waals surface area contributed by atoms with Gasteiger partial charge in [-0.2, -0.15) is 0 Å². The van der Waals surface area contributed by atoms with Crippen LogP contribution in [0.3, 0.4) is 0 Å². The van der Waals surface area contributed by atoms with Crippen LogP contribution in [0.4, 0.5) is 0 Å². The predicted octanol–water partition coefficient (Wildman–Crippen LogP) is 1.49. The molecule has 0 bridgehead atoms. The van der Waals surface area contributed by atoms with Gasteiger partial charge in [-0.1, -0.05) is 13.0 Å². The van der Waals surface area contributed by atoms with Crippen LogP contribution in [-0.2, 0) is 14.3 Å². The number of ether oxygens (including phenoxy) is 2. The van der Waals surface area contributed by atoms with Crippen LogP contribution in [0.1, 0.15) is 27.2 Å². The molecule has 0 aliphatic heterocycles. The van der Waals surface area contributed by atoms with E-state index < -0.39 is 6.04 Å². The van der Waals surface area contributed by atoms with Crippen LogP contribution in [0.5, 0.6) is 0 Å². The number of carbonyl (C=O) groups excluding carboxylic acids is 1. The van der Waals surface area contributed by atoms with Crippen molar-refractivity contribution in [1.82, 2.24) is 0 Å². The number of rotatable bonds is 8. The first-order valence-electron chi connectivity index (χ1n) is 5.67. The third-order valence-electron chi connectivity index (χ3n) is 2.37. The maximum Gasteiger partial charge on any atom is 0.323 e. The first-order chi connectivity index (χ1) is 7.52. The minimum atomic E-state index is -0.574. The van der Waals surface area contributed by atoms with Crippen LogP contribution in [-0.4, -0.2) is 31.3 Å². The largest absolute Gasteiger partial charge is 0.465 e. The Morgan fingerprint density at radius 3 is 2.62 bits per heavy atom. The normalized spacial score (nSPS) is 16.2. The van der Waals surface area contributed by atoms with Crippen molar-refractivity contribution in [2.45, 2.75) is 39.3 Å². The van der Waals surface area contributed by atoms with Gasteiger partial charge in [0.1, 0.15) is 6.04 Å². The molecule has 4 heteroatoms. The first-order valence-corrected chi connectivity index (χ1v) is 5.67. The third-order valence-corrected chi connectivity index (χ3v) is 2.37. The highest BCUT2D eigenvalue weighted by molar-refractivity contribution is 5.75. The summed E-state index contributed by atoms with van der Waals surface area (Å²) < 4.78 is 10.3. The fourth-order valence-corrected chi connectivity index (χ4v) is 1.44. The molecule has 0 aromatic rings. The fraction of sp³-hybridized carbons (Fsp3) is 0.750. The summed E-state index contributed by atoms with van der Waals surface area (Å²) in [6.07, 6.45) is 2.49. The molecule has 0 aliphatic carbocycles. The maximum atomic E-state index is 11.4. The van der Waals surface area contributed by atoms with Crippen molar-refractivity contribution in [3.05, 3.63) is 12.7 Å². The van der Waals surface area contributed by atoms with Gasteiger partial charge in [-0.3, -0.25) is 4.79 Å². The predicted molar refractivity (Wildman–Crippen MR) is 64.0 cm³/mol. The van der Waals surface area contributed by atoms with E-state index in [0.29, 0.717) is 13.2 Å². The third kappa shape index (κ3) is 5.88. The number of carbonyl (C=O) groups is 1. The van der Waals surface area contributed by atoms with Gasteiger partial charge >= 0.3 is 5.97 Å². The standard InChI is InChI=1S/C12H23NO3/c1-5-7-16-10(4)8-9(3)11(13)12(14)15-6-2/h5,9-11H,1,6-8,13H2,2-4H3/t9-,10+,11?/m1/s1. The summed E-state index contributed by atoms with van der Waals surface area (Å²) in [5, 5.41) is 0. The molecule has 0 aromatic carbocycles.